The second-order valence-corrected chi connectivity index (χ2v) is 10.1. The van der Waals surface area contributed by atoms with Crippen LogP contribution in [0.15, 0.2) is 107 Å². The molecule has 0 fully saturated rings. The van der Waals surface area contributed by atoms with Crippen molar-refractivity contribution in [2.24, 2.45) is 9.98 Å². The maximum Gasteiger partial charge on any atom is 0.326 e. The Bertz CT molecular complexity index is 1360. The van der Waals surface area contributed by atoms with Crippen LogP contribution < -0.4 is 10.2 Å². The minimum Gasteiger partial charge on any atom is -0.459 e. The predicted molar refractivity (Wildman–Crippen MR) is 159 cm³/mol. The third-order valence-electron chi connectivity index (χ3n) is 5.75. The molecule has 3 aromatic rings. The summed E-state index contributed by atoms with van der Waals surface area (Å²) in [4.78, 5) is 23.5. The summed E-state index contributed by atoms with van der Waals surface area (Å²) < 4.78 is 5.59. The largest absolute Gasteiger partial charge is 0.459 e. The van der Waals surface area contributed by atoms with Crippen LogP contribution in [0.4, 0.5) is 28.4 Å². The third-order valence-corrected chi connectivity index (χ3v) is 5.75. The minimum atomic E-state index is -0.539. The number of aryl methyl sites for hydroxylation is 1. The number of hydrogen-bond acceptors (Lipinski definition) is 6. The van der Waals surface area contributed by atoms with E-state index in [0.717, 1.165) is 45.4 Å². The van der Waals surface area contributed by atoms with Crippen LogP contribution in [0.1, 0.15) is 26.3 Å². The van der Waals surface area contributed by atoms with Gasteiger partial charge >= 0.3 is 5.97 Å². The van der Waals surface area contributed by atoms with E-state index < -0.39 is 5.60 Å². The molecule has 0 heterocycles. The van der Waals surface area contributed by atoms with Gasteiger partial charge in [0.1, 0.15) is 12.1 Å². The summed E-state index contributed by atoms with van der Waals surface area (Å²) in [6.45, 7) is 7.80. The first-order valence-electron chi connectivity index (χ1n) is 12.6. The molecule has 0 bridgehead atoms. The van der Waals surface area contributed by atoms with Crippen LogP contribution in [0, 0.1) is 6.92 Å². The van der Waals surface area contributed by atoms with Gasteiger partial charge in [0.2, 0.25) is 0 Å². The predicted octanol–water partition coefficient (Wildman–Crippen LogP) is 7.49. The molecule has 0 radical (unpaired) electrons. The first kappa shape index (κ1) is 26.6. The molecule has 0 spiro atoms. The zero-order chi connectivity index (χ0) is 27.1. The van der Waals surface area contributed by atoms with Crippen molar-refractivity contribution in [2.75, 3.05) is 23.8 Å². The highest BCUT2D eigenvalue weighted by Crippen LogP contribution is 2.29. The zero-order valence-electron chi connectivity index (χ0n) is 22.6. The van der Waals surface area contributed by atoms with Gasteiger partial charge in [0.25, 0.3) is 0 Å². The number of carbonyl (C=O) groups is 1. The average molecular weight is 507 g/mol. The number of carbonyl (C=O) groups excluding carboxylic acids is 1. The highest BCUT2D eigenvalue weighted by atomic mass is 16.6. The van der Waals surface area contributed by atoms with Gasteiger partial charge in [-0.3, -0.25) is 9.79 Å². The van der Waals surface area contributed by atoms with E-state index in [2.05, 4.69) is 15.3 Å². The Labute approximate surface area is 225 Å². The van der Waals surface area contributed by atoms with E-state index in [-0.39, 0.29) is 12.5 Å². The Balaban J connectivity index is 1.46. The molecule has 0 aromatic heterocycles. The lowest BCUT2D eigenvalue weighted by molar-refractivity contribution is -0.152. The fourth-order valence-electron chi connectivity index (χ4n) is 3.90. The highest BCUT2D eigenvalue weighted by Gasteiger charge is 2.20. The molecule has 0 aliphatic heterocycles. The number of nitrogens with one attached hydrogen (secondary N) is 1. The lowest BCUT2D eigenvalue weighted by atomic mass is 10.1. The molecular formula is C32H34N4O2. The monoisotopic (exact) mass is 506 g/mol. The standard InChI is InChI=1S/C32H34N4O2/c1-23-6-18-29(19-7-23)36(22-31(37)38-32(2,3)4)30-20-16-28(17-21-30)35-27-14-12-26(13-15-27)34-25-10-8-24(33-5)9-11-25/h6-21,35H,22H2,1-5H3. The fourth-order valence-corrected chi connectivity index (χ4v) is 3.90. The molecule has 1 aliphatic rings. The van der Waals surface area contributed by atoms with Gasteiger partial charge in [-0.25, -0.2) is 4.99 Å². The fraction of sp³-hybridized carbons (Fsp3) is 0.219. The van der Waals surface area contributed by atoms with Crippen molar-refractivity contribution in [3.63, 3.8) is 0 Å². The number of aliphatic imine (C=N–C) groups is 2. The van der Waals surface area contributed by atoms with Gasteiger partial charge in [-0.05, 0) is 113 Å². The van der Waals surface area contributed by atoms with Crippen molar-refractivity contribution >= 4 is 45.8 Å². The lowest BCUT2D eigenvalue weighted by Crippen LogP contribution is -2.32. The molecule has 3 aromatic carbocycles. The van der Waals surface area contributed by atoms with Crippen molar-refractivity contribution < 1.29 is 9.53 Å². The van der Waals surface area contributed by atoms with Crippen LogP contribution in [0.3, 0.4) is 0 Å². The van der Waals surface area contributed by atoms with Crippen molar-refractivity contribution in [3.8, 4) is 0 Å². The van der Waals surface area contributed by atoms with Crippen LogP contribution in [-0.4, -0.2) is 36.6 Å². The van der Waals surface area contributed by atoms with Crippen molar-refractivity contribution in [1.29, 1.82) is 0 Å². The van der Waals surface area contributed by atoms with Gasteiger partial charge in [-0.15, -0.1) is 0 Å². The first-order chi connectivity index (χ1) is 18.2. The number of benzene rings is 3. The minimum absolute atomic E-state index is 0.119. The van der Waals surface area contributed by atoms with Gasteiger partial charge < -0.3 is 15.0 Å². The molecule has 0 saturated carbocycles. The maximum atomic E-state index is 12.7. The van der Waals surface area contributed by atoms with E-state index in [1.807, 2.05) is 130 Å². The summed E-state index contributed by atoms with van der Waals surface area (Å²) in [6.07, 6.45) is 7.81. The molecule has 1 N–H and O–H groups in total. The summed E-state index contributed by atoms with van der Waals surface area (Å²) >= 11 is 0. The van der Waals surface area contributed by atoms with E-state index >= 15 is 0 Å². The summed E-state index contributed by atoms with van der Waals surface area (Å²) in [5, 5.41) is 3.43. The van der Waals surface area contributed by atoms with Crippen molar-refractivity contribution in [3.05, 3.63) is 103 Å². The summed E-state index contributed by atoms with van der Waals surface area (Å²) in [7, 11) is 1.77. The number of anilines is 4. The molecule has 0 saturated heterocycles. The van der Waals surface area contributed by atoms with E-state index in [9.17, 15) is 4.79 Å². The number of rotatable bonds is 7. The second-order valence-electron chi connectivity index (χ2n) is 10.1. The zero-order valence-corrected chi connectivity index (χ0v) is 22.6. The lowest BCUT2D eigenvalue weighted by Gasteiger charge is -2.27. The molecule has 194 valence electrons. The molecule has 0 amide bonds. The third kappa shape index (κ3) is 7.53. The average Bonchev–Trinajstić information content (AvgIpc) is 2.89. The Hall–Kier alpha value is -4.45. The van der Waals surface area contributed by atoms with Crippen LogP contribution in [0.5, 0.6) is 0 Å². The second kappa shape index (κ2) is 11.7. The molecule has 6 heteroatoms. The Kier molecular flexibility index (Phi) is 8.22. The molecule has 38 heavy (non-hydrogen) atoms. The van der Waals surface area contributed by atoms with Gasteiger partial charge in [0.05, 0.1) is 17.1 Å². The van der Waals surface area contributed by atoms with Gasteiger partial charge in [-0.2, -0.15) is 0 Å². The van der Waals surface area contributed by atoms with Gasteiger partial charge in [-0.1, -0.05) is 17.7 Å². The van der Waals surface area contributed by atoms with Gasteiger partial charge in [0.15, 0.2) is 0 Å². The smallest absolute Gasteiger partial charge is 0.326 e. The molecule has 4 rings (SSSR count). The van der Waals surface area contributed by atoms with E-state index in [0.29, 0.717) is 0 Å². The quantitative estimate of drug-likeness (QED) is 0.266. The number of esters is 1. The molecule has 0 atom stereocenters. The normalized spacial score (nSPS) is 12.8. The molecule has 1 aliphatic carbocycles. The molecular weight excluding hydrogens is 472 g/mol. The van der Waals surface area contributed by atoms with Crippen LogP contribution in [-0.2, 0) is 9.53 Å². The van der Waals surface area contributed by atoms with Crippen molar-refractivity contribution in [2.45, 2.75) is 33.3 Å². The van der Waals surface area contributed by atoms with Crippen LogP contribution in [0.2, 0.25) is 0 Å². The van der Waals surface area contributed by atoms with Crippen molar-refractivity contribution in [1.82, 2.24) is 0 Å². The summed E-state index contributed by atoms with van der Waals surface area (Å²) in [6, 6.07) is 24.1. The van der Waals surface area contributed by atoms with E-state index in [4.69, 9.17) is 4.74 Å². The number of nitrogens with zero attached hydrogens (tertiary/aromatic N) is 3. The molecule has 0 unspecified atom stereocenters. The van der Waals surface area contributed by atoms with E-state index in [1.165, 1.54) is 0 Å². The Morgan fingerprint density at radius 1 is 0.789 bits per heavy atom. The summed E-state index contributed by atoms with van der Waals surface area (Å²) in [5.41, 5.74) is 7.06. The maximum absolute atomic E-state index is 12.7. The highest BCUT2D eigenvalue weighted by molar-refractivity contribution is 6.18. The Morgan fingerprint density at radius 3 is 1.82 bits per heavy atom. The number of ether oxygens (including phenoxy) is 1. The topological polar surface area (TPSA) is 66.3 Å². The molecule has 6 nitrogen and oxygen atoms in total. The SMILES string of the molecule is CN=C1C=CC(=Nc2ccc(Nc3ccc(N(CC(=O)OC(C)(C)C)c4ccc(C)cc4)cc3)cc2)C=C1. The van der Waals surface area contributed by atoms with Crippen LogP contribution in [0.25, 0.3) is 0 Å². The summed E-state index contributed by atoms with van der Waals surface area (Å²) in [5.74, 6) is -0.276. The number of hydrogen-bond donors (Lipinski definition) is 1. The number of allylic oxidation sites excluding steroid dienone is 4. The van der Waals surface area contributed by atoms with Gasteiger partial charge in [0, 0.05) is 29.8 Å². The first-order valence-corrected chi connectivity index (χ1v) is 12.6. The Morgan fingerprint density at radius 2 is 1.29 bits per heavy atom. The van der Waals surface area contributed by atoms with Crippen LogP contribution >= 0.6 is 0 Å². The van der Waals surface area contributed by atoms with E-state index in [1.54, 1.807) is 7.05 Å².